The number of primary amides is 1. The van der Waals surface area contributed by atoms with Gasteiger partial charge in [0.15, 0.2) is 0 Å². The first-order valence-corrected chi connectivity index (χ1v) is 4.57. The minimum absolute atomic E-state index is 0.127. The lowest BCUT2D eigenvalue weighted by Gasteiger charge is -2.19. The van der Waals surface area contributed by atoms with Crippen LogP contribution in [0, 0.1) is 0 Å². The van der Waals surface area contributed by atoms with Gasteiger partial charge < -0.3 is 10.8 Å². The van der Waals surface area contributed by atoms with Crippen molar-refractivity contribution in [3.63, 3.8) is 0 Å². The van der Waals surface area contributed by atoms with Gasteiger partial charge in [-0.1, -0.05) is 29.8 Å². The van der Waals surface area contributed by atoms with E-state index in [1.807, 2.05) is 0 Å². The quantitative estimate of drug-likeness (QED) is 0.791. The number of carbonyl (C=O) groups is 1. The Morgan fingerprint density at radius 2 is 2.14 bits per heavy atom. The number of hydrogen-bond acceptors (Lipinski definition) is 2. The lowest BCUT2D eigenvalue weighted by Crippen LogP contribution is -2.42. The van der Waals surface area contributed by atoms with E-state index in [4.69, 9.17) is 17.3 Å². The van der Waals surface area contributed by atoms with E-state index < -0.39 is 11.5 Å². The molecule has 0 bridgehead atoms. The third kappa shape index (κ3) is 2.47. The Kier molecular flexibility index (Phi) is 3.13. The fraction of sp³-hybridized carbons (Fsp3) is 0.300. The Labute approximate surface area is 87.5 Å². The van der Waals surface area contributed by atoms with E-state index in [0.717, 1.165) is 0 Å². The van der Waals surface area contributed by atoms with Crippen LogP contribution in [0.2, 0.25) is 5.02 Å². The van der Waals surface area contributed by atoms with Crippen molar-refractivity contribution in [1.29, 1.82) is 0 Å². The normalized spacial score (nSPS) is 14.8. The van der Waals surface area contributed by atoms with Gasteiger partial charge in [-0.05, 0) is 18.6 Å². The molecule has 0 aliphatic rings. The number of benzene rings is 1. The average molecular weight is 214 g/mol. The van der Waals surface area contributed by atoms with Crippen LogP contribution in [-0.4, -0.2) is 16.6 Å². The molecule has 0 fully saturated rings. The highest BCUT2D eigenvalue weighted by atomic mass is 35.5. The van der Waals surface area contributed by atoms with E-state index in [0.29, 0.717) is 10.6 Å². The molecule has 4 heteroatoms. The van der Waals surface area contributed by atoms with E-state index in [1.165, 1.54) is 6.92 Å². The summed E-state index contributed by atoms with van der Waals surface area (Å²) in [5.41, 5.74) is 4.19. The SMILES string of the molecule is CC(O)(Cc1ccccc1Cl)C(N)=O. The van der Waals surface area contributed by atoms with Gasteiger partial charge in [-0.15, -0.1) is 0 Å². The van der Waals surface area contributed by atoms with Crippen LogP contribution >= 0.6 is 11.6 Å². The van der Waals surface area contributed by atoms with E-state index in [9.17, 15) is 9.90 Å². The smallest absolute Gasteiger partial charge is 0.249 e. The van der Waals surface area contributed by atoms with Crippen molar-refractivity contribution in [2.75, 3.05) is 0 Å². The third-order valence-electron chi connectivity index (χ3n) is 2.02. The number of halogens is 1. The van der Waals surface area contributed by atoms with Gasteiger partial charge in [-0.25, -0.2) is 0 Å². The maximum atomic E-state index is 10.9. The molecule has 76 valence electrons. The lowest BCUT2D eigenvalue weighted by molar-refractivity contribution is -0.134. The fourth-order valence-electron chi connectivity index (χ4n) is 1.10. The zero-order valence-electron chi connectivity index (χ0n) is 7.83. The minimum Gasteiger partial charge on any atom is -0.380 e. The molecule has 0 heterocycles. The van der Waals surface area contributed by atoms with Crippen LogP contribution in [0.4, 0.5) is 0 Å². The molecular weight excluding hydrogens is 202 g/mol. The summed E-state index contributed by atoms with van der Waals surface area (Å²) >= 11 is 5.87. The van der Waals surface area contributed by atoms with Gasteiger partial charge in [0.05, 0.1) is 0 Å². The molecule has 1 unspecified atom stereocenters. The van der Waals surface area contributed by atoms with Crippen molar-refractivity contribution >= 4 is 17.5 Å². The summed E-state index contributed by atoms with van der Waals surface area (Å²) in [6, 6.07) is 7.02. The first-order chi connectivity index (χ1) is 6.43. The van der Waals surface area contributed by atoms with Gasteiger partial charge in [0.1, 0.15) is 5.60 Å². The second-order valence-corrected chi connectivity index (χ2v) is 3.81. The number of rotatable bonds is 3. The van der Waals surface area contributed by atoms with Crippen molar-refractivity contribution in [2.24, 2.45) is 5.73 Å². The number of nitrogens with two attached hydrogens (primary N) is 1. The van der Waals surface area contributed by atoms with E-state index in [2.05, 4.69) is 0 Å². The van der Waals surface area contributed by atoms with Crippen molar-refractivity contribution < 1.29 is 9.90 Å². The standard InChI is InChI=1S/C10H12ClNO2/c1-10(14,9(12)13)6-7-4-2-3-5-8(7)11/h2-5,14H,6H2,1H3,(H2,12,13). The van der Waals surface area contributed by atoms with Crippen molar-refractivity contribution in [3.8, 4) is 0 Å². The monoisotopic (exact) mass is 213 g/mol. The van der Waals surface area contributed by atoms with Crippen molar-refractivity contribution in [1.82, 2.24) is 0 Å². The third-order valence-corrected chi connectivity index (χ3v) is 2.39. The zero-order valence-corrected chi connectivity index (χ0v) is 8.58. The van der Waals surface area contributed by atoms with E-state index in [-0.39, 0.29) is 6.42 Å². The minimum atomic E-state index is -1.55. The molecule has 0 aliphatic heterocycles. The molecule has 1 amide bonds. The van der Waals surface area contributed by atoms with Crippen LogP contribution in [0.5, 0.6) is 0 Å². The summed E-state index contributed by atoms with van der Waals surface area (Å²) in [5.74, 6) is -0.752. The summed E-state index contributed by atoms with van der Waals surface area (Å²) in [6.45, 7) is 1.37. The van der Waals surface area contributed by atoms with E-state index in [1.54, 1.807) is 24.3 Å². The van der Waals surface area contributed by atoms with Gasteiger partial charge >= 0.3 is 0 Å². The Bertz CT molecular complexity index is 350. The molecule has 0 saturated carbocycles. The van der Waals surface area contributed by atoms with Gasteiger partial charge in [0.2, 0.25) is 5.91 Å². The molecule has 3 N–H and O–H groups in total. The molecule has 0 aliphatic carbocycles. The molecule has 0 aromatic heterocycles. The Morgan fingerprint density at radius 1 is 1.57 bits per heavy atom. The number of amides is 1. The Morgan fingerprint density at radius 3 is 2.64 bits per heavy atom. The summed E-state index contributed by atoms with van der Waals surface area (Å²) in [6.07, 6.45) is 0.127. The number of carbonyl (C=O) groups excluding carboxylic acids is 1. The van der Waals surface area contributed by atoms with Crippen LogP contribution in [0.25, 0.3) is 0 Å². The largest absolute Gasteiger partial charge is 0.380 e. The molecular formula is C10H12ClNO2. The molecule has 0 saturated heterocycles. The highest BCUT2D eigenvalue weighted by Gasteiger charge is 2.28. The maximum absolute atomic E-state index is 10.9. The lowest BCUT2D eigenvalue weighted by atomic mass is 9.96. The fourth-order valence-corrected chi connectivity index (χ4v) is 1.30. The van der Waals surface area contributed by atoms with Gasteiger partial charge in [0.25, 0.3) is 0 Å². The van der Waals surface area contributed by atoms with Crippen LogP contribution < -0.4 is 5.73 Å². The predicted octanol–water partition coefficient (Wildman–Crippen LogP) is 1.12. The Hall–Kier alpha value is -1.06. The maximum Gasteiger partial charge on any atom is 0.249 e. The second-order valence-electron chi connectivity index (χ2n) is 3.41. The highest BCUT2D eigenvalue weighted by molar-refractivity contribution is 6.31. The van der Waals surface area contributed by atoms with Crippen molar-refractivity contribution in [3.05, 3.63) is 34.9 Å². The topological polar surface area (TPSA) is 63.3 Å². The zero-order chi connectivity index (χ0) is 10.8. The molecule has 0 spiro atoms. The second kappa shape index (κ2) is 3.98. The van der Waals surface area contributed by atoms with Crippen LogP contribution in [0.15, 0.2) is 24.3 Å². The van der Waals surface area contributed by atoms with Gasteiger partial charge in [-0.3, -0.25) is 4.79 Å². The van der Waals surface area contributed by atoms with Gasteiger partial charge in [-0.2, -0.15) is 0 Å². The molecule has 1 atom stereocenters. The number of aliphatic hydroxyl groups is 1. The van der Waals surface area contributed by atoms with Gasteiger partial charge in [0, 0.05) is 11.4 Å². The average Bonchev–Trinajstić information content (AvgIpc) is 2.08. The molecule has 1 aromatic carbocycles. The van der Waals surface area contributed by atoms with E-state index >= 15 is 0 Å². The van der Waals surface area contributed by atoms with Crippen LogP contribution in [0.3, 0.4) is 0 Å². The molecule has 0 radical (unpaired) electrons. The molecule has 1 aromatic rings. The summed E-state index contributed by atoms with van der Waals surface area (Å²) in [4.78, 5) is 10.9. The van der Waals surface area contributed by atoms with Crippen LogP contribution in [-0.2, 0) is 11.2 Å². The predicted molar refractivity (Wildman–Crippen MR) is 55.0 cm³/mol. The molecule has 14 heavy (non-hydrogen) atoms. The molecule has 1 rings (SSSR count). The highest BCUT2D eigenvalue weighted by Crippen LogP contribution is 2.20. The summed E-state index contributed by atoms with van der Waals surface area (Å²) < 4.78 is 0. The first-order valence-electron chi connectivity index (χ1n) is 4.19. The summed E-state index contributed by atoms with van der Waals surface area (Å²) in [5, 5.41) is 10.2. The van der Waals surface area contributed by atoms with Crippen molar-refractivity contribution in [2.45, 2.75) is 18.9 Å². The van der Waals surface area contributed by atoms with Crippen LogP contribution in [0.1, 0.15) is 12.5 Å². The number of hydrogen-bond donors (Lipinski definition) is 2. The molecule has 3 nitrogen and oxygen atoms in total. The Balaban J connectivity index is 2.89. The first kappa shape index (κ1) is 11.0. The summed E-state index contributed by atoms with van der Waals surface area (Å²) in [7, 11) is 0.